The molecule has 2 rings (SSSR count). The fourth-order valence-electron chi connectivity index (χ4n) is 1.51. The lowest BCUT2D eigenvalue weighted by Crippen LogP contribution is -2.21. The third-order valence-electron chi connectivity index (χ3n) is 2.46. The van der Waals surface area contributed by atoms with Gasteiger partial charge in [0, 0.05) is 13.1 Å². The number of hydrogen-bond donors (Lipinski definition) is 1. The maximum Gasteiger partial charge on any atom is 0.273 e. The van der Waals surface area contributed by atoms with Crippen LogP contribution in [0.25, 0.3) is 0 Å². The van der Waals surface area contributed by atoms with Gasteiger partial charge in [0.25, 0.3) is 5.91 Å². The highest BCUT2D eigenvalue weighted by Gasteiger charge is 2.26. The van der Waals surface area contributed by atoms with Crippen LogP contribution >= 0.6 is 0 Å². The maximum absolute atomic E-state index is 11.7. The smallest absolute Gasteiger partial charge is 0.273 e. The van der Waals surface area contributed by atoms with Gasteiger partial charge in [-0.1, -0.05) is 0 Å². The summed E-state index contributed by atoms with van der Waals surface area (Å²) in [7, 11) is 1.57. The van der Waals surface area contributed by atoms with E-state index in [1.165, 1.54) is 0 Å². The lowest BCUT2D eigenvalue weighted by atomic mass is 10.3. The SMILES string of the molecule is CNC(=O)c1ncc(OC(C)C)cc1OC1CC1. The molecular weight excluding hydrogens is 232 g/mol. The van der Waals surface area contributed by atoms with Crippen molar-refractivity contribution in [1.29, 1.82) is 0 Å². The molecule has 0 saturated heterocycles. The summed E-state index contributed by atoms with van der Waals surface area (Å²) in [6.07, 6.45) is 3.88. The zero-order valence-corrected chi connectivity index (χ0v) is 10.9. The molecule has 1 aliphatic carbocycles. The quantitative estimate of drug-likeness (QED) is 0.865. The van der Waals surface area contributed by atoms with E-state index in [0.717, 1.165) is 12.8 Å². The van der Waals surface area contributed by atoms with E-state index in [4.69, 9.17) is 9.47 Å². The Morgan fingerprint density at radius 3 is 2.78 bits per heavy atom. The summed E-state index contributed by atoms with van der Waals surface area (Å²) in [4.78, 5) is 15.8. The van der Waals surface area contributed by atoms with Crippen LogP contribution in [0.15, 0.2) is 12.3 Å². The molecule has 0 bridgehead atoms. The molecule has 5 heteroatoms. The Hall–Kier alpha value is -1.78. The van der Waals surface area contributed by atoms with Gasteiger partial charge in [0.1, 0.15) is 5.75 Å². The minimum Gasteiger partial charge on any atom is -0.489 e. The van der Waals surface area contributed by atoms with E-state index in [1.807, 2.05) is 13.8 Å². The van der Waals surface area contributed by atoms with Crippen molar-refractivity contribution in [2.75, 3.05) is 7.05 Å². The summed E-state index contributed by atoms with van der Waals surface area (Å²) >= 11 is 0. The Labute approximate surface area is 107 Å². The molecule has 0 aromatic carbocycles. The molecule has 98 valence electrons. The van der Waals surface area contributed by atoms with Crippen LogP contribution in [0.3, 0.4) is 0 Å². The summed E-state index contributed by atoms with van der Waals surface area (Å²) in [6.45, 7) is 3.88. The van der Waals surface area contributed by atoms with Crippen LogP contribution < -0.4 is 14.8 Å². The number of carbonyl (C=O) groups excluding carboxylic acids is 1. The molecule has 1 aromatic rings. The average Bonchev–Trinajstić information content (AvgIpc) is 3.11. The van der Waals surface area contributed by atoms with E-state index in [1.54, 1.807) is 19.3 Å². The summed E-state index contributed by atoms with van der Waals surface area (Å²) < 4.78 is 11.2. The van der Waals surface area contributed by atoms with E-state index in [2.05, 4.69) is 10.3 Å². The standard InChI is InChI=1S/C13H18N2O3/c1-8(2)17-10-6-11(18-9-4-5-9)12(15-7-10)13(16)14-3/h6-9H,4-5H2,1-3H3,(H,14,16). The van der Waals surface area contributed by atoms with Crippen LogP contribution in [0.4, 0.5) is 0 Å². The van der Waals surface area contributed by atoms with Crippen molar-refractivity contribution >= 4 is 5.91 Å². The number of nitrogens with one attached hydrogen (secondary N) is 1. The van der Waals surface area contributed by atoms with Gasteiger partial charge in [0.15, 0.2) is 11.4 Å². The molecule has 0 aliphatic heterocycles. The van der Waals surface area contributed by atoms with E-state index in [9.17, 15) is 4.79 Å². The lowest BCUT2D eigenvalue weighted by molar-refractivity contribution is 0.0953. The van der Waals surface area contributed by atoms with Gasteiger partial charge >= 0.3 is 0 Å². The molecule has 1 aromatic heterocycles. The Kier molecular flexibility index (Phi) is 3.69. The Balaban J connectivity index is 2.25. The zero-order chi connectivity index (χ0) is 13.1. The van der Waals surface area contributed by atoms with Crippen molar-refractivity contribution in [3.05, 3.63) is 18.0 Å². The lowest BCUT2D eigenvalue weighted by Gasteiger charge is -2.13. The second-order valence-electron chi connectivity index (χ2n) is 4.58. The van der Waals surface area contributed by atoms with Gasteiger partial charge in [-0.15, -0.1) is 0 Å². The molecule has 0 unspecified atom stereocenters. The van der Waals surface area contributed by atoms with Crippen molar-refractivity contribution in [3.63, 3.8) is 0 Å². The minimum absolute atomic E-state index is 0.0615. The molecule has 1 fully saturated rings. The number of amides is 1. The highest BCUT2D eigenvalue weighted by molar-refractivity contribution is 5.94. The highest BCUT2D eigenvalue weighted by atomic mass is 16.5. The molecule has 1 saturated carbocycles. The number of carbonyl (C=O) groups is 1. The van der Waals surface area contributed by atoms with Gasteiger partial charge < -0.3 is 14.8 Å². The fourth-order valence-corrected chi connectivity index (χ4v) is 1.51. The average molecular weight is 250 g/mol. The number of pyridine rings is 1. The molecule has 0 radical (unpaired) electrons. The Morgan fingerprint density at radius 2 is 2.22 bits per heavy atom. The molecule has 18 heavy (non-hydrogen) atoms. The Bertz CT molecular complexity index is 442. The van der Waals surface area contributed by atoms with Crippen LogP contribution in [0.5, 0.6) is 11.5 Å². The van der Waals surface area contributed by atoms with Crippen molar-refractivity contribution in [2.24, 2.45) is 0 Å². The normalized spacial score (nSPS) is 14.4. The Morgan fingerprint density at radius 1 is 1.50 bits per heavy atom. The summed E-state index contributed by atoms with van der Waals surface area (Å²) in [5.41, 5.74) is 0.306. The number of ether oxygens (including phenoxy) is 2. The van der Waals surface area contributed by atoms with Gasteiger partial charge in [-0.05, 0) is 26.7 Å². The fraction of sp³-hybridized carbons (Fsp3) is 0.538. The van der Waals surface area contributed by atoms with E-state index in [-0.39, 0.29) is 18.1 Å². The number of aromatic nitrogens is 1. The van der Waals surface area contributed by atoms with Crippen LogP contribution in [0.2, 0.25) is 0 Å². The molecule has 1 heterocycles. The largest absolute Gasteiger partial charge is 0.489 e. The molecule has 1 N–H and O–H groups in total. The number of nitrogens with zero attached hydrogens (tertiary/aromatic N) is 1. The van der Waals surface area contributed by atoms with Crippen LogP contribution in [-0.2, 0) is 0 Å². The summed E-state index contributed by atoms with van der Waals surface area (Å²) in [6, 6.07) is 1.73. The highest BCUT2D eigenvalue weighted by Crippen LogP contribution is 2.30. The molecular formula is C13H18N2O3. The van der Waals surface area contributed by atoms with Gasteiger partial charge in [-0.3, -0.25) is 4.79 Å². The second kappa shape index (κ2) is 5.25. The van der Waals surface area contributed by atoms with E-state index < -0.39 is 0 Å². The van der Waals surface area contributed by atoms with Crippen molar-refractivity contribution in [1.82, 2.24) is 10.3 Å². The minimum atomic E-state index is -0.248. The third kappa shape index (κ3) is 3.12. The monoisotopic (exact) mass is 250 g/mol. The van der Waals surface area contributed by atoms with Gasteiger partial charge in [0.2, 0.25) is 0 Å². The zero-order valence-electron chi connectivity index (χ0n) is 10.9. The second-order valence-corrected chi connectivity index (χ2v) is 4.58. The van der Waals surface area contributed by atoms with Gasteiger partial charge in [0.05, 0.1) is 18.4 Å². The van der Waals surface area contributed by atoms with Crippen molar-refractivity contribution < 1.29 is 14.3 Å². The molecule has 0 spiro atoms. The van der Waals surface area contributed by atoms with E-state index >= 15 is 0 Å². The molecule has 5 nitrogen and oxygen atoms in total. The first-order chi connectivity index (χ1) is 8.60. The maximum atomic E-state index is 11.7. The van der Waals surface area contributed by atoms with Crippen LogP contribution in [0.1, 0.15) is 37.2 Å². The van der Waals surface area contributed by atoms with E-state index in [0.29, 0.717) is 17.2 Å². The summed E-state index contributed by atoms with van der Waals surface area (Å²) in [5.74, 6) is 0.866. The van der Waals surface area contributed by atoms with Crippen LogP contribution in [0, 0.1) is 0 Å². The first-order valence-electron chi connectivity index (χ1n) is 6.15. The summed E-state index contributed by atoms with van der Waals surface area (Å²) in [5, 5.41) is 2.55. The first-order valence-corrected chi connectivity index (χ1v) is 6.15. The van der Waals surface area contributed by atoms with Gasteiger partial charge in [-0.25, -0.2) is 4.98 Å². The molecule has 1 aliphatic rings. The van der Waals surface area contributed by atoms with Crippen molar-refractivity contribution in [2.45, 2.75) is 38.9 Å². The molecule has 1 amide bonds. The predicted octanol–water partition coefficient (Wildman–Crippen LogP) is 1.77. The number of hydrogen-bond acceptors (Lipinski definition) is 4. The third-order valence-corrected chi connectivity index (χ3v) is 2.46. The topological polar surface area (TPSA) is 60.5 Å². The number of rotatable bonds is 5. The first kappa shape index (κ1) is 12.7. The predicted molar refractivity (Wildman–Crippen MR) is 67.0 cm³/mol. The van der Waals surface area contributed by atoms with Crippen LogP contribution in [-0.4, -0.2) is 30.1 Å². The van der Waals surface area contributed by atoms with Gasteiger partial charge in [-0.2, -0.15) is 0 Å². The van der Waals surface area contributed by atoms with Crippen molar-refractivity contribution in [3.8, 4) is 11.5 Å². The molecule has 0 atom stereocenters.